The Morgan fingerprint density at radius 3 is 2.41 bits per heavy atom. The van der Waals surface area contributed by atoms with Gasteiger partial charge in [-0.1, -0.05) is 25.0 Å². The lowest BCUT2D eigenvalue weighted by Crippen LogP contribution is -2.34. The van der Waals surface area contributed by atoms with Crippen LogP contribution in [0.1, 0.15) is 47.6 Å². The van der Waals surface area contributed by atoms with E-state index in [2.05, 4.69) is 9.71 Å². The van der Waals surface area contributed by atoms with Crippen molar-refractivity contribution in [3.05, 3.63) is 90.0 Å². The fourth-order valence-corrected chi connectivity index (χ4v) is 5.04. The van der Waals surface area contributed by atoms with Gasteiger partial charge in [0.15, 0.2) is 0 Å². The van der Waals surface area contributed by atoms with Crippen molar-refractivity contribution in [1.29, 1.82) is 0 Å². The van der Waals surface area contributed by atoms with Crippen molar-refractivity contribution in [2.45, 2.75) is 36.6 Å². The molecule has 2 aromatic carbocycles. The molecule has 0 radical (unpaired) electrons. The maximum Gasteiger partial charge on any atom is 0.261 e. The number of likely N-dealkylation sites (tertiary alicyclic amines) is 1. The van der Waals surface area contributed by atoms with Crippen molar-refractivity contribution in [3.63, 3.8) is 0 Å². The number of sulfonamides is 1. The first-order chi connectivity index (χ1) is 15.5. The number of nitrogens with zero attached hydrogens (tertiary/aromatic N) is 2. The highest BCUT2D eigenvalue weighted by Crippen LogP contribution is 2.31. The second-order valence-electron chi connectivity index (χ2n) is 7.75. The number of hydrogen-bond donors (Lipinski definition) is 1. The van der Waals surface area contributed by atoms with Crippen LogP contribution in [0.25, 0.3) is 0 Å². The minimum absolute atomic E-state index is 0.0425. The molecule has 1 aromatic heterocycles. The third kappa shape index (κ3) is 4.80. The summed E-state index contributed by atoms with van der Waals surface area (Å²) in [6, 6.07) is 15.1. The highest BCUT2D eigenvalue weighted by atomic mass is 32.2. The number of rotatable bonds is 5. The quantitative estimate of drug-likeness (QED) is 0.603. The minimum Gasteiger partial charge on any atom is -0.332 e. The predicted octanol–water partition coefficient (Wildman–Crippen LogP) is 4.78. The van der Waals surface area contributed by atoms with Gasteiger partial charge in [-0.2, -0.15) is 0 Å². The van der Waals surface area contributed by atoms with Gasteiger partial charge in [0.1, 0.15) is 5.82 Å². The molecule has 1 aliphatic rings. The summed E-state index contributed by atoms with van der Waals surface area (Å²) in [5.41, 5.74) is 1.33. The van der Waals surface area contributed by atoms with Crippen molar-refractivity contribution in [3.8, 4) is 0 Å². The Morgan fingerprint density at radius 2 is 1.69 bits per heavy atom. The van der Waals surface area contributed by atoms with E-state index in [1.807, 2.05) is 17.0 Å². The van der Waals surface area contributed by atoms with Gasteiger partial charge in [0, 0.05) is 24.5 Å². The van der Waals surface area contributed by atoms with Crippen LogP contribution in [0.5, 0.6) is 0 Å². The lowest BCUT2D eigenvalue weighted by atomic mass is 10.0. The first-order valence-electron chi connectivity index (χ1n) is 10.5. The van der Waals surface area contributed by atoms with Gasteiger partial charge in [0.25, 0.3) is 15.9 Å². The van der Waals surface area contributed by atoms with Crippen molar-refractivity contribution in [2.24, 2.45) is 0 Å². The van der Waals surface area contributed by atoms with Crippen molar-refractivity contribution in [1.82, 2.24) is 9.88 Å². The summed E-state index contributed by atoms with van der Waals surface area (Å²) in [6.45, 7) is 0.640. The normalized spacial score (nSPS) is 16.9. The topological polar surface area (TPSA) is 79.4 Å². The average Bonchev–Trinajstić information content (AvgIpc) is 3.07. The van der Waals surface area contributed by atoms with Crippen LogP contribution in [0.2, 0.25) is 0 Å². The summed E-state index contributed by atoms with van der Waals surface area (Å²) in [5.74, 6) is -0.800. The van der Waals surface area contributed by atoms with Crippen LogP contribution in [0, 0.1) is 5.82 Å². The smallest absolute Gasteiger partial charge is 0.261 e. The number of nitrogens with one attached hydrogen (secondary N) is 1. The third-order valence-electron chi connectivity index (χ3n) is 5.63. The van der Waals surface area contributed by atoms with Gasteiger partial charge < -0.3 is 4.90 Å². The zero-order valence-corrected chi connectivity index (χ0v) is 18.3. The molecule has 1 fully saturated rings. The number of para-hydroxylation sites is 1. The summed E-state index contributed by atoms with van der Waals surface area (Å²) in [6.07, 6.45) is 7.34. The number of anilines is 1. The Hall–Kier alpha value is -3.26. The molecule has 0 aliphatic carbocycles. The summed E-state index contributed by atoms with van der Waals surface area (Å²) in [7, 11) is -3.98. The zero-order chi connectivity index (χ0) is 22.6. The van der Waals surface area contributed by atoms with E-state index >= 15 is 0 Å². The zero-order valence-electron chi connectivity index (χ0n) is 17.4. The molecule has 8 heteroatoms. The van der Waals surface area contributed by atoms with Gasteiger partial charge in [0.2, 0.25) is 0 Å². The van der Waals surface area contributed by atoms with E-state index in [1.165, 1.54) is 42.5 Å². The minimum atomic E-state index is -3.98. The van der Waals surface area contributed by atoms with Crippen LogP contribution in [-0.4, -0.2) is 30.8 Å². The maximum absolute atomic E-state index is 13.8. The number of carbonyl (C=O) groups excluding carboxylic acids is 1. The molecule has 1 N–H and O–H groups in total. The van der Waals surface area contributed by atoms with E-state index in [0.717, 1.165) is 31.2 Å². The lowest BCUT2D eigenvalue weighted by Gasteiger charge is -2.30. The Kier molecular flexibility index (Phi) is 6.50. The van der Waals surface area contributed by atoms with Crippen molar-refractivity contribution < 1.29 is 17.6 Å². The summed E-state index contributed by atoms with van der Waals surface area (Å²) < 4.78 is 41.4. The van der Waals surface area contributed by atoms with Gasteiger partial charge in [-0.05, 0) is 66.9 Å². The molecular weight excluding hydrogens is 429 g/mol. The number of pyridine rings is 1. The Morgan fingerprint density at radius 1 is 0.969 bits per heavy atom. The van der Waals surface area contributed by atoms with Gasteiger partial charge in [-0.3, -0.25) is 14.5 Å². The third-order valence-corrected chi connectivity index (χ3v) is 7.02. The summed E-state index contributed by atoms with van der Waals surface area (Å²) >= 11 is 0. The van der Waals surface area contributed by atoms with E-state index in [0.29, 0.717) is 12.1 Å². The molecule has 6 nitrogen and oxygen atoms in total. The lowest BCUT2D eigenvalue weighted by molar-refractivity contribution is 0.0680. The fraction of sp³-hybridized carbons (Fsp3) is 0.250. The van der Waals surface area contributed by atoms with Gasteiger partial charge in [-0.15, -0.1) is 0 Å². The predicted molar refractivity (Wildman–Crippen MR) is 120 cm³/mol. The van der Waals surface area contributed by atoms with Crippen LogP contribution >= 0.6 is 0 Å². The van der Waals surface area contributed by atoms with E-state index in [4.69, 9.17) is 0 Å². The number of halogens is 1. The SMILES string of the molecule is O=C(c1ccc(S(=O)(=O)Nc2ccccc2F)cc1)N1CCCCCC1c1ccncc1. The van der Waals surface area contributed by atoms with Crippen LogP contribution in [0.3, 0.4) is 0 Å². The molecule has 1 atom stereocenters. The van der Waals surface area contributed by atoms with E-state index in [9.17, 15) is 17.6 Å². The first-order valence-corrected chi connectivity index (χ1v) is 12.0. The Bertz CT molecular complexity index is 1180. The van der Waals surface area contributed by atoms with Gasteiger partial charge in [-0.25, -0.2) is 12.8 Å². The second-order valence-corrected chi connectivity index (χ2v) is 9.44. The standard InChI is InChI=1S/C24H24FN3O3S/c25-21-6-3-4-7-22(21)27-32(30,31)20-11-9-19(10-12-20)24(29)28-17-5-1-2-8-23(28)18-13-15-26-16-14-18/h3-4,6-7,9-16,23,27H,1-2,5,8,17H2. The largest absolute Gasteiger partial charge is 0.332 e. The molecule has 1 saturated heterocycles. The maximum atomic E-state index is 13.8. The Labute approximate surface area is 187 Å². The fourth-order valence-electron chi connectivity index (χ4n) is 3.97. The number of hydrogen-bond acceptors (Lipinski definition) is 4. The van der Waals surface area contributed by atoms with Crippen LogP contribution < -0.4 is 4.72 Å². The number of amides is 1. The molecule has 1 aliphatic heterocycles. The molecule has 1 unspecified atom stereocenters. The molecule has 166 valence electrons. The monoisotopic (exact) mass is 453 g/mol. The van der Waals surface area contributed by atoms with E-state index in [1.54, 1.807) is 18.5 Å². The molecule has 1 amide bonds. The van der Waals surface area contributed by atoms with Crippen LogP contribution in [-0.2, 0) is 10.0 Å². The van der Waals surface area contributed by atoms with Crippen LogP contribution in [0.4, 0.5) is 10.1 Å². The molecular formula is C24H24FN3O3S. The second kappa shape index (κ2) is 9.48. The number of carbonyl (C=O) groups is 1. The summed E-state index contributed by atoms with van der Waals surface area (Å²) in [4.78, 5) is 19.2. The molecule has 0 bridgehead atoms. The van der Waals surface area contributed by atoms with Crippen molar-refractivity contribution in [2.75, 3.05) is 11.3 Å². The average molecular weight is 454 g/mol. The van der Waals surface area contributed by atoms with Gasteiger partial charge >= 0.3 is 0 Å². The highest BCUT2D eigenvalue weighted by molar-refractivity contribution is 7.92. The summed E-state index contributed by atoms with van der Waals surface area (Å²) in [5, 5.41) is 0. The molecule has 4 rings (SSSR count). The first kappa shape index (κ1) is 22.0. The number of benzene rings is 2. The Balaban J connectivity index is 1.56. The number of aromatic nitrogens is 1. The van der Waals surface area contributed by atoms with Crippen molar-refractivity contribution >= 4 is 21.6 Å². The van der Waals surface area contributed by atoms with E-state index < -0.39 is 15.8 Å². The molecule has 0 spiro atoms. The highest BCUT2D eigenvalue weighted by Gasteiger charge is 2.28. The molecule has 0 saturated carbocycles. The molecule has 32 heavy (non-hydrogen) atoms. The van der Waals surface area contributed by atoms with E-state index in [-0.39, 0.29) is 22.5 Å². The van der Waals surface area contributed by atoms with Gasteiger partial charge in [0.05, 0.1) is 16.6 Å². The molecule has 3 aromatic rings. The van der Waals surface area contributed by atoms with Crippen LogP contribution in [0.15, 0.2) is 78.0 Å². The molecule has 2 heterocycles.